The zero-order valence-corrected chi connectivity index (χ0v) is 13.7. The molecule has 2 aliphatic rings. The van der Waals surface area contributed by atoms with Gasteiger partial charge in [-0.1, -0.05) is 12.1 Å². The Hall–Kier alpha value is -1.80. The predicted molar refractivity (Wildman–Crippen MR) is 83.9 cm³/mol. The molecule has 0 radical (unpaired) electrons. The fourth-order valence-corrected chi connectivity index (χ4v) is 3.72. The van der Waals surface area contributed by atoms with Crippen molar-refractivity contribution in [2.75, 3.05) is 26.0 Å². The molecule has 0 bridgehead atoms. The third-order valence-electron chi connectivity index (χ3n) is 3.90. The normalized spacial score (nSPS) is 24.3. The highest BCUT2D eigenvalue weighted by molar-refractivity contribution is 7.88. The minimum atomic E-state index is -3.28. The van der Waals surface area contributed by atoms with Crippen LogP contribution in [0.5, 0.6) is 11.5 Å². The van der Waals surface area contributed by atoms with Crippen LogP contribution >= 0.6 is 0 Å². The second-order valence-corrected chi connectivity index (χ2v) is 7.66. The van der Waals surface area contributed by atoms with Crippen LogP contribution in [0, 0.1) is 0 Å². The SMILES string of the molecule is CS(=O)(=O)NC1CCCN(C(=O)C2COc3ccccc3O2)C1. The molecule has 1 N–H and O–H groups in total. The monoisotopic (exact) mass is 340 g/mol. The van der Waals surface area contributed by atoms with Crippen molar-refractivity contribution < 1.29 is 22.7 Å². The van der Waals surface area contributed by atoms with E-state index in [9.17, 15) is 13.2 Å². The highest BCUT2D eigenvalue weighted by atomic mass is 32.2. The molecule has 0 aliphatic carbocycles. The summed E-state index contributed by atoms with van der Waals surface area (Å²) in [6.07, 6.45) is 1.91. The number of ether oxygens (including phenoxy) is 2. The van der Waals surface area contributed by atoms with Gasteiger partial charge in [0.05, 0.1) is 6.26 Å². The fourth-order valence-electron chi connectivity index (χ4n) is 2.92. The molecule has 2 aliphatic heterocycles. The van der Waals surface area contributed by atoms with E-state index >= 15 is 0 Å². The van der Waals surface area contributed by atoms with Gasteiger partial charge in [-0.2, -0.15) is 0 Å². The van der Waals surface area contributed by atoms with Gasteiger partial charge in [-0.15, -0.1) is 0 Å². The van der Waals surface area contributed by atoms with Crippen molar-refractivity contribution in [3.63, 3.8) is 0 Å². The van der Waals surface area contributed by atoms with Crippen LogP contribution in [0.4, 0.5) is 0 Å². The first-order valence-electron chi connectivity index (χ1n) is 7.57. The first-order valence-corrected chi connectivity index (χ1v) is 9.46. The molecule has 0 saturated carbocycles. The Morgan fingerprint density at radius 3 is 2.78 bits per heavy atom. The van der Waals surface area contributed by atoms with Crippen LogP contribution in [0.15, 0.2) is 24.3 Å². The summed E-state index contributed by atoms with van der Waals surface area (Å²) in [5, 5.41) is 0. The summed E-state index contributed by atoms with van der Waals surface area (Å²) in [5.41, 5.74) is 0. The molecule has 2 heterocycles. The number of amides is 1. The van der Waals surface area contributed by atoms with Gasteiger partial charge in [0.1, 0.15) is 6.61 Å². The van der Waals surface area contributed by atoms with E-state index in [1.807, 2.05) is 12.1 Å². The fraction of sp³-hybridized carbons (Fsp3) is 0.533. The Bertz CT molecular complexity index is 691. The van der Waals surface area contributed by atoms with E-state index in [0.29, 0.717) is 24.6 Å². The Balaban J connectivity index is 1.64. The molecule has 1 amide bonds. The van der Waals surface area contributed by atoms with Gasteiger partial charge in [0.25, 0.3) is 5.91 Å². The van der Waals surface area contributed by atoms with Crippen molar-refractivity contribution in [1.29, 1.82) is 0 Å². The number of nitrogens with one attached hydrogen (secondary N) is 1. The van der Waals surface area contributed by atoms with E-state index in [2.05, 4.69) is 4.72 Å². The summed E-state index contributed by atoms with van der Waals surface area (Å²) in [6, 6.07) is 6.97. The molecule has 1 aromatic carbocycles. The molecule has 126 valence electrons. The van der Waals surface area contributed by atoms with Crippen molar-refractivity contribution in [2.45, 2.75) is 25.0 Å². The van der Waals surface area contributed by atoms with Crippen LogP contribution in [0.3, 0.4) is 0 Å². The minimum absolute atomic E-state index is 0.163. The standard InChI is InChI=1S/C15H20N2O5S/c1-23(19,20)16-11-5-4-8-17(9-11)15(18)14-10-21-12-6-2-3-7-13(12)22-14/h2-3,6-7,11,14,16H,4-5,8-10H2,1H3. The molecular formula is C15H20N2O5S. The lowest BCUT2D eigenvalue weighted by molar-refractivity contribution is -0.142. The molecule has 1 fully saturated rings. The van der Waals surface area contributed by atoms with E-state index in [0.717, 1.165) is 19.1 Å². The molecule has 8 heteroatoms. The van der Waals surface area contributed by atoms with Gasteiger partial charge in [-0.25, -0.2) is 13.1 Å². The Kier molecular flexibility index (Phi) is 4.45. The minimum Gasteiger partial charge on any atom is -0.485 e. The molecule has 7 nitrogen and oxygen atoms in total. The van der Waals surface area contributed by atoms with Gasteiger partial charge < -0.3 is 14.4 Å². The van der Waals surface area contributed by atoms with Crippen molar-refractivity contribution in [1.82, 2.24) is 9.62 Å². The van der Waals surface area contributed by atoms with Crippen LogP contribution in [-0.2, 0) is 14.8 Å². The number of likely N-dealkylation sites (tertiary alicyclic amines) is 1. The van der Waals surface area contributed by atoms with Gasteiger partial charge in [-0.3, -0.25) is 4.79 Å². The highest BCUT2D eigenvalue weighted by Crippen LogP contribution is 2.31. The van der Waals surface area contributed by atoms with Crippen LogP contribution in [0.25, 0.3) is 0 Å². The molecule has 2 unspecified atom stereocenters. The summed E-state index contributed by atoms with van der Waals surface area (Å²) in [4.78, 5) is 14.3. The molecular weight excluding hydrogens is 320 g/mol. The van der Waals surface area contributed by atoms with Crippen LogP contribution in [0.2, 0.25) is 0 Å². The number of nitrogens with zero attached hydrogens (tertiary/aromatic N) is 1. The van der Waals surface area contributed by atoms with Gasteiger partial charge in [0, 0.05) is 19.1 Å². The maximum atomic E-state index is 12.6. The van der Waals surface area contributed by atoms with E-state index in [1.165, 1.54) is 0 Å². The number of hydrogen-bond acceptors (Lipinski definition) is 5. The van der Waals surface area contributed by atoms with Gasteiger partial charge >= 0.3 is 0 Å². The molecule has 0 aromatic heterocycles. The molecule has 23 heavy (non-hydrogen) atoms. The van der Waals surface area contributed by atoms with Gasteiger partial charge in [0.2, 0.25) is 16.1 Å². The quantitative estimate of drug-likeness (QED) is 0.859. The summed E-state index contributed by atoms with van der Waals surface area (Å²) in [5.74, 6) is 1.02. The van der Waals surface area contributed by atoms with Crippen molar-refractivity contribution in [2.24, 2.45) is 0 Å². The van der Waals surface area contributed by atoms with E-state index in [-0.39, 0.29) is 18.6 Å². The van der Waals surface area contributed by atoms with Crippen molar-refractivity contribution >= 4 is 15.9 Å². The smallest absolute Gasteiger partial charge is 0.267 e. The van der Waals surface area contributed by atoms with Crippen molar-refractivity contribution in [3.05, 3.63) is 24.3 Å². The number of carbonyl (C=O) groups is 1. The van der Waals surface area contributed by atoms with Crippen LogP contribution < -0.4 is 14.2 Å². The second kappa shape index (κ2) is 6.37. The maximum Gasteiger partial charge on any atom is 0.267 e. The van der Waals surface area contributed by atoms with E-state index in [1.54, 1.807) is 17.0 Å². The Morgan fingerprint density at radius 2 is 2.04 bits per heavy atom. The molecule has 3 rings (SSSR count). The van der Waals surface area contributed by atoms with Gasteiger partial charge in [0.15, 0.2) is 11.5 Å². The average molecular weight is 340 g/mol. The largest absolute Gasteiger partial charge is 0.485 e. The lowest BCUT2D eigenvalue weighted by Gasteiger charge is -2.36. The summed E-state index contributed by atoms with van der Waals surface area (Å²) in [7, 11) is -3.28. The lowest BCUT2D eigenvalue weighted by Crippen LogP contribution is -2.54. The molecule has 1 aromatic rings. The number of hydrogen-bond donors (Lipinski definition) is 1. The zero-order valence-electron chi connectivity index (χ0n) is 12.9. The number of fused-ring (bicyclic) bond motifs is 1. The number of piperidine rings is 1. The number of benzene rings is 1. The molecule has 0 spiro atoms. The number of carbonyl (C=O) groups excluding carboxylic acids is 1. The van der Waals surface area contributed by atoms with Crippen molar-refractivity contribution in [3.8, 4) is 11.5 Å². The average Bonchev–Trinajstić information content (AvgIpc) is 2.52. The lowest BCUT2D eigenvalue weighted by atomic mass is 10.1. The predicted octanol–water partition coefficient (Wildman–Crippen LogP) is 0.367. The molecule has 2 atom stereocenters. The first-order chi connectivity index (χ1) is 10.9. The van der Waals surface area contributed by atoms with E-state index in [4.69, 9.17) is 9.47 Å². The Morgan fingerprint density at radius 1 is 1.30 bits per heavy atom. The number of rotatable bonds is 3. The summed E-state index contributed by atoms with van der Waals surface area (Å²) in [6.45, 7) is 1.12. The number of sulfonamides is 1. The highest BCUT2D eigenvalue weighted by Gasteiger charge is 2.34. The Labute approximate surface area is 135 Å². The summed E-state index contributed by atoms with van der Waals surface area (Å²) >= 11 is 0. The van der Waals surface area contributed by atoms with Crippen LogP contribution in [-0.4, -0.2) is 57.3 Å². The van der Waals surface area contributed by atoms with E-state index < -0.39 is 16.1 Å². The topological polar surface area (TPSA) is 84.9 Å². The third-order valence-corrected chi connectivity index (χ3v) is 4.66. The first kappa shape index (κ1) is 16.1. The molecule has 1 saturated heterocycles. The maximum absolute atomic E-state index is 12.6. The number of para-hydroxylation sites is 2. The summed E-state index contributed by atoms with van der Waals surface area (Å²) < 4.78 is 36.6. The van der Waals surface area contributed by atoms with Crippen LogP contribution in [0.1, 0.15) is 12.8 Å². The third kappa shape index (κ3) is 3.94. The zero-order chi connectivity index (χ0) is 16.4. The van der Waals surface area contributed by atoms with Gasteiger partial charge in [-0.05, 0) is 25.0 Å². The second-order valence-electron chi connectivity index (χ2n) is 5.88.